The zero-order valence-electron chi connectivity index (χ0n) is 9.68. The molecule has 0 aromatic heterocycles. The Balaban J connectivity index is 2.29. The van der Waals surface area contributed by atoms with Crippen LogP contribution >= 0.6 is 0 Å². The van der Waals surface area contributed by atoms with Crippen molar-refractivity contribution in [3.63, 3.8) is 0 Å². The fourth-order valence-electron chi connectivity index (χ4n) is 2.81. The average molecular weight is 224 g/mol. The Morgan fingerprint density at radius 2 is 2.38 bits per heavy atom. The molecule has 0 spiro atoms. The second kappa shape index (κ2) is 3.94. The van der Waals surface area contributed by atoms with E-state index in [0.717, 1.165) is 0 Å². The molecule has 2 rings (SSSR count). The highest BCUT2D eigenvalue weighted by Crippen LogP contribution is 2.43. The molecule has 2 heterocycles. The molecule has 2 N–H and O–H groups in total. The molecule has 88 valence electrons. The number of nitrogens with two attached hydrogens (primary N) is 1. The molecule has 6 heteroatoms. The molecule has 2 fully saturated rings. The van der Waals surface area contributed by atoms with Gasteiger partial charge in [0.2, 0.25) is 0 Å². The molecule has 2 unspecified atom stereocenters. The minimum Gasteiger partial charge on any atom is -0.386 e. The van der Waals surface area contributed by atoms with Crippen LogP contribution < -0.4 is 5.73 Å². The van der Waals surface area contributed by atoms with Gasteiger partial charge in [-0.2, -0.15) is 0 Å². The first-order valence-electron chi connectivity index (χ1n) is 5.22. The van der Waals surface area contributed by atoms with E-state index >= 15 is 0 Å². The molecular weight excluding hydrogens is 207 g/mol. The molecule has 2 aliphatic heterocycles. The fourth-order valence-corrected chi connectivity index (χ4v) is 2.81. The number of morpholine rings is 1. The standard InChI is InChI=1S/C10H17BN2O3/c1-6(12)13-4-10(5-14-2)8(15-3)7(13)9(11)16-10/h7-9H,1,4-5,12H2,2-3H3/t7?,8?,9-,10-/m1/s1. The van der Waals surface area contributed by atoms with Gasteiger partial charge in [0.25, 0.3) is 0 Å². The van der Waals surface area contributed by atoms with Crippen LogP contribution in [0.15, 0.2) is 12.4 Å². The Morgan fingerprint density at radius 1 is 1.69 bits per heavy atom. The number of likely N-dealkylation sites (tertiary alicyclic amines) is 1. The van der Waals surface area contributed by atoms with Gasteiger partial charge >= 0.3 is 0 Å². The maximum absolute atomic E-state index is 5.93. The molecule has 4 atom stereocenters. The maximum atomic E-state index is 5.93. The van der Waals surface area contributed by atoms with Gasteiger partial charge < -0.3 is 24.8 Å². The summed E-state index contributed by atoms with van der Waals surface area (Å²) in [5.41, 5.74) is 5.21. The van der Waals surface area contributed by atoms with Crippen LogP contribution in [-0.2, 0) is 14.2 Å². The summed E-state index contributed by atoms with van der Waals surface area (Å²) in [6.07, 6.45) is -0.136. The van der Waals surface area contributed by atoms with Crippen molar-refractivity contribution in [3.05, 3.63) is 12.4 Å². The van der Waals surface area contributed by atoms with Crippen molar-refractivity contribution in [3.8, 4) is 0 Å². The van der Waals surface area contributed by atoms with Crippen LogP contribution in [0.5, 0.6) is 0 Å². The predicted molar refractivity (Wildman–Crippen MR) is 59.9 cm³/mol. The monoisotopic (exact) mass is 224 g/mol. The number of ether oxygens (including phenoxy) is 3. The van der Waals surface area contributed by atoms with Crippen LogP contribution in [0.3, 0.4) is 0 Å². The van der Waals surface area contributed by atoms with Crippen LogP contribution in [0.25, 0.3) is 0 Å². The zero-order chi connectivity index (χ0) is 11.9. The summed E-state index contributed by atoms with van der Waals surface area (Å²) in [4.78, 5) is 1.93. The Labute approximate surface area is 96.9 Å². The van der Waals surface area contributed by atoms with E-state index in [2.05, 4.69) is 6.58 Å². The molecule has 2 bridgehead atoms. The zero-order valence-corrected chi connectivity index (χ0v) is 9.68. The molecule has 0 amide bonds. The highest BCUT2D eigenvalue weighted by atomic mass is 16.6. The molecule has 2 radical (unpaired) electrons. The molecule has 0 saturated carbocycles. The van der Waals surface area contributed by atoms with Crippen molar-refractivity contribution in [2.24, 2.45) is 5.73 Å². The lowest BCUT2D eigenvalue weighted by Crippen LogP contribution is -2.50. The van der Waals surface area contributed by atoms with E-state index in [9.17, 15) is 0 Å². The number of nitrogens with zero attached hydrogens (tertiary/aromatic N) is 1. The van der Waals surface area contributed by atoms with Crippen molar-refractivity contribution < 1.29 is 14.2 Å². The van der Waals surface area contributed by atoms with Gasteiger partial charge in [0.1, 0.15) is 19.6 Å². The van der Waals surface area contributed by atoms with Crippen molar-refractivity contribution in [2.45, 2.75) is 23.8 Å². The molecule has 2 aliphatic rings. The number of fused-ring (bicyclic) bond motifs is 2. The van der Waals surface area contributed by atoms with Crippen molar-refractivity contribution in [2.75, 3.05) is 27.4 Å². The summed E-state index contributed by atoms with van der Waals surface area (Å²) in [5, 5.41) is 0. The van der Waals surface area contributed by atoms with E-state index < -0.39 is 11.6 Å². The predicted octanol–water partition coefficient (Wildman–Crippen LogP) is -0.974. The summed E-state index contributed by atoms with van der Waals surface area (Å²) in [6.45, 7) is 4.78. The fraction of sp³-hybridized carbons (Fsp3) is 0.800. The van der Waals surface area contributed by atoms with Crippen LogP contribution in [0.1, 0.15) is 0 Å². The van der Waals surface area contributed by atoms with Crippen LogP contribution in [0.4, 0.5) is 0 Å². The summed E-state index contributed by atoms with van der Waals surface area (Å²) in [6, 6.07) is -0.508. The quantitative estimate of drug-likeness (QED) is 0.622. The van der Waals surface area contributed by atoms with Gasteiger partial charge in [-0.3, -0.25) is 0 Å². The number of rotatable bonds is 4. The van der Waals surface area contributed by atoms with E-state index in [-0.39, 0.29) is 12.1 Å². The van der Waals surface area contributed by atoms with Gasteiger partial charge in [0.15, 0.2) is 0 Å². The van der Waals surface area contributed by atoms with E-state index in [1.165, 1.54) is 0 Å². The first-order valence-corrected chi connectivity index (χ1v) is 5.22. The highest BCUT2D eigenvalue weighted by molar-refractivity contribution is 6.12. The third kappa shape index (κ3) is 1.44. The van der Waals surface area contributed by atoms with E-state index in [1.54, 1.807) is 14.2 Å². The summed E-state index contributed by atoms with van der Waals surface area (Å²) in [7, 11) is 9.21. The number of methoxy groups -OCH3 is 2. The van der Waals surface area contributed by atoms with E-state index in [1.807, 2.05) is 4.90 Å². The van der Waals surface area contributed by atoms with E-state index in [0.29, 0.717) is 19.0 Å². The van der Waals surface area contributed by atoms with E-state index in [4.69, 9.17) is 27.8 Å². The van der Waals surface area contributed by atoms with Gasteiger partial charge in [-0.05, 0) is 0 Å². The largest absolute Gasteiger partial charge is 0.386 e. The van der Waals surface area contributed by atoms with Crippen molar-refractivity contribution >= 4 is 7.85 Å². The third-order valence-corrected chi connectivity index (χ3v) is 3.35. The van der Waals surface area contributed by atoms with Gasteiger partial charge in [-0.1, -0.05) is 6.58 Å². The third-order valence-electron chi connectivity index (χ3n) is 3.35. The van der Waals surface area contributed by atoms with Gasteiger partial charge in [-0.15, -0.1) is 0 Å². The highest BCUT2D eigenvalue weighted by Gasteiger charge is 2.62. The Kier molecular flexibility index (Phi) is 2.90. The minimum absolute atomic E-state index is 0.0855. The Hall–Kier alpha value is -0.715. The van der Waals surface area contributed by atoms with Crippen molar-refractivity contribution in [1.82, 2.24) is 4.90 Å². The molecule has 0 aromatic rings. The Bertz CT molecular complexity index is 302. The molecule has 16 heavy (non-hydrogen) atoms. The molecule has 0 aliphatic carbocycles. The lowest BCUT2D eigenvalue weighted by atomic mass is 9.90. The summed E-state index contributed by atoms with van der Waals surface area (Å²) >= 11 is 0. The SMILES string of the molecule is [B][C@@H]1O[C@@]2(COC)CN(C(=C)N)C1C2OC. The molecule has 0 aromatic carbocycles. The number of hydrogen-bond donors (Lipinski definition) is 1. The van der Waals surface area contributed by atoms with Crippen LogP contribution in [0, 0.1) is 0 Å². The lowest BCUT2D eigenvalue weighted by molar-refractivity contribution is -0.117. The van der Waals surface area contributed by atoms with Crippen LogP contribution in [-0.4, -0.2) is 63.9 Å². The normalized spacial score (nSPS) is 41.6. The molecule has 5 nitrogen and oxygen atoms in total. The molecule has 2 saturated heterocycles. The second-order valence-corrected chi connectivity index (χ2v) is 4.35. The first kappa shape index (κ1) is 11.8. The average Bonchev–Trinajstić information content (AvgIpc) is 2.65. The van der Waals surface area contributed by atoms with Crippen molar-refractivity contribution in [1.29, 1.82) is 0 Å². The topological polar surface area (TPSA) is 57.0 Å². The molecular formula is C10H17BN2O3. The van der Waals surface area contributed by atoms with Crippen LogP contribution in [0.2, 0.25) is 0 Å². The lowest BCUT2D eigenvalue weighted by Gasteiger charge is -2.36. The summed E-state index contributed by atoms with van der Waals surface area (Å²) in [5.74, 6) is 0.490. The minimum atomic E-state index is -0.532. The smallest absolute Gasteiger partial charge is 0.136 e. The first-order chi connectivity index (χ1) is 7.55. The Morgan fingerprint density at radius 3 is 2.88 bits per heavy atom. The number of hydrogen-bond acceptors (Lipinski definition) is 5. The van der Waals surface area contributed by atoms with Gasteiger partial charge in [0.05, 0.1) is 25.0 Å². The second-order valence-electron chi connectivity index (χ2n) is 4.35. The summed E-state index contributed by atoms with van der Waals surface area (Å²) < 4.78 is 16.4. The van der Waals surface area contributed by atoms with Gasteiger partial charge in [-0.25, -0.2) is 0 Å². The van der Waals surface area contributed by atoms with Gasteiger partial charge in [0, 0.05) is 20.2 Å². The maximum Gasteiger partial charge on any atom is 0.136 e.